The zero-order valence-electron chi connectivity index (χ0n) is 35.1. The van der Waals surface area contributed by atoms with Gasteiger partial charge in [-0.25, -0.2) is 0 Å². The largest absolute Gasteiger partial charge is 1.00 e. The van der Waals surface area contributed by atoms with E-state index in [2.05, 4.69) is 14.1 Å². The fourth-order valence-corrected chi connectivity index (χ4v) is 10.7. The quantitative estimate of drug-likeness (QED) is 0.153. The van der Waals surface area contributed by atoms with E-state index in [0.29, 0.717) is 50.1 Å². The number of quaternary nitrogens is 2. The maximum absolute atomic E-state index is 13.3. The van der Waals surface area contributed by atoms with Crippen molar-refractivity contribution in [3.05, 3.63) is 47.5 Å². The molecule has 0 amide bonds. The predicted octanol–water partition coefficient (Wildman–Crippen LogP) is -0.511. The molecule has 5 fully saturated rings. The second-order valence-corrected chi connectivity index (χ2v) is 17.6. The molecule has 5 aliphatic rings. The van der Waals surface area contributed by atoms with Gasteiger partial charge in [-0.2, -0.15) is 0 Å². The highest BCUT2D eigenvalue weighted by molar-refractivity contribution is 5.80. The molecule has 4 heterocycles. The van der Waals surface area contributed by atoms with Crippen molar-refractivity contribution in [2.24, 2.45) is 11.8 Å². The molecule has 14 nitrogen and oxygen atoms in total. The van der Waals surface area contributed by atoms with E-state index in [4.69, 9.17) is 28.4 Å². The molecule has 4 bridgehead atoms. The van der Waals surface area contributed by atoms with Crippen LogP contribution in [0.25, 0.3) is 0 Å². The Morgan fingerprint density at radius 2 is 0.783 bits per heavy atom. The van der Waals surface area contributed by atoms with Crippen LogP contribution in [0.1, 0.15) is 103 Å². The monoisotopic (exact) mass is 962 g/mol. The first kappa shape index (κ1) is 47.2. The summed E-state index contributed by atoms with van der Waals surface area (Å²) in [4.78, 5) is 73.3. The zero-order chi connectivity index (χ0) is 41.5. The van der Waals surface area contributed by atoms with Gasteiger partial charge >= 0.3 is 35.8 Å². The van der Waals surface area contributed by atoms with Crippen LogP contribution in [0.5, 0.6) is 23.0 Å². The molecule has 60 heavy (non-hydrogen) atoms. The number of halogens is 2. The molecule has 0 aromatic heterocycles. The van der Waals surface area contributed by atoms with Gasteiger partial charge in [-0.1, -0.05) is 0 Å². The van der Waals surface area contributed by atoms with Crippen LogP contribution in [0.15, 0.2) is 36.4 Å². The van der Waals surface area contributed by atoms with Gasteiger partial charge in [0.1, 0.15) is 25.3 Å². The number of hydrogen-bond acceptors (Lipinski definition) is 12. The number of fused-ring (bicyclic) bond motifs is 4. The summed E-state index contributed by atoms with van der Waals surface area (Å²) in [6.45, 7) is 6.61. The van der Waals surface area contributed by atoms with Crippen molar-refractivity contribution >= 4 is 35.8 Å². The molecule has 2 aromatic carbocycles. The highest BCUT2D eigenvalue weighted by Crippen LogP contribution is 2.47. The van der Waals surface area contributed by atoms with Crippen LogP contribution in [0.3, 0.4) is 0 Å². The van der Waals surface area contributed by atoms with Crippen molar-refractivity contribution < 1.29 is 100 Å². The number of benzene rings is 2. The first-order chi connectivity index (χ1) is 27.5. The second-order valence-electron chi connectivity index (χ2n) is 17.6. The van der Waals surface area contributed by atoms with E-state index >= 15 is 0 Å². The smallest absolute Gasteiger partial charge is 0.309 e. The molecule has 8 atom stereocenters. The molecule has 4 aliphatic heterocycles. The maximum atomic E-state index is 13.3. The van der Waals surface area contributed by atoms with Crippen molar-refractivity contribution in [2.75, 3.05) is 14.1 Å². The minimum atomic E-state index is -0.499. The molecule has 4 unspecified atom stereocenters. The topological polar surface area (TPSA) is 158 Å². The van der Waals surface area contributed by atoms with Crippen LogP contribution in [-0.2, 0) is 51.3 Å². The van der Waals surface area contributed by atoms with Gasteiger partial charge < -0.3 is 71.4 Å². The van der Waals surface area contributed by atoms with Crippen LogP contribution >= 0.6 is 0 Å². The highest BCUT2D eigenvalue weighted by Gasteiger charge is 2.55. The molecular weight excluding hydrogens is 908 g/mol. The summed E-state index contributed by atoms with van der Waals surface area (Å²) in [6, 6.07) is 11.8. The Labute approximate surface area is 372 Å². The van der Waals surface area contributed by atoms with E-state index in [9.17, 15) is 28.8 Å². The van der Waals surface area contributed by atoms with Crippen LogP contribution in [0, 0.1) is 11.8 Å². The van der Waals surface area contributed by atoms with Gasteiger partial charge in [0.15, 0.2) is 23.0 Å². The van der Waals surface area contributed by atoms with Crippen molar-refractivity contribution in [2.45, 2.75) is 141 Å². The third-order valence-electron chi connectivity index (χ3n) is 13.6. The Hall–Kier alpha value is -3.86. The molecule has 16 heteroatoms. The van der Waals surface area contributed by atoms with Crippen LogP contribution in [-0.4, -0.2) is 95.3 Å². The lowest BCUT2D eigenvalue weighted by Gasteiger charge is -2.47. The van der Waals surface area contributed by atoms with Crippen LogP contribution < -0.4 is 52.9 Å². The Balaban J connectivity index is 0.00000341. The van der Waals surface area contributed by atoms with E-state index in [1.54, 1.807) is 24.3 Å². The number of rotatable bonds is 12. The molecule has 2 aromatic rings. The van der Waals surface area contributed by atoms with Gasteiger partial charge in [0.05, 0.1) is 50.1 Å². The number of nitrogens with zero attached hydrogens (tertiary/aromatic N) is 2. The van der Waals surface area contributed by atoms with Gasteiger partial charge in [-0.05, 0) is 49.2 Å². The lowest BCUT2D eigenvalue weighted by Crippen LogP contribution is -3.00. The summed E-state index contributed by atoms with van der Waals surface area (Å²) < 4.78 is 35.0. The van der Waals surface area contributed by atoms with Gasteiger partial charge in [0, 0.05) is 90.2 Å². The second kappa shape index (κ2) is 19.0. The normalized spacial score (nSPS) is 30.9. The van der Waals surface area contributed by atoms with Crippen molar-refractivity contribution in [3.63, 3.8) is 0 Å². The summed E-state index contributed by atoms with van der Waals surface area (Å²) in [7, 11) is 4.47. The molecule has 0 spiro atoms. The van der Waals surface area contributed by atoms with E-state index in [0.717, 1.165) is 71.5 Å². The van der Waals surface area contributed by atoms with E-state index in [1.165, 1.54) is 27.7 Å². The van der Waals surface area contributed by atoms with Crippen molar-refractivity contribution in [3.8, 4) is 23.0 Å². The first-order valence-electron chi connectivity index (χ1n) is 20.6. The molecular formula is C44H56Br2N2O12. The standard InChI is InChI=1S/C44H56N2O12.2BrH/c1-25(47)53-39-13-7-29(15-41(39)55-27(3)49)23-45(5)33-9-10-34(45)20-37(19-33)57-43(51)31-17-32(18-31)44(52)58-38-21-35-11-12-36(22-38)46(35,6)24-30-8-14-40(54-26(2)48)42(16-30)56-28(4)50;;/h7-8,13-16,31-38H,9-12,17-24H2,1-6H3;2*1H/q+2;;/p-2/t31?,32?,33-,34+,35-,36+,37?,38?,45?,46?;;. The van der Waals surface area contributed by atoms with E-state index < -0.39 is 23.9 Å². The summed E-state index contributed by atoms with van der Waals surface area (Å²) >= 11 is 0. The summed E-state index contributed by atoms with van der Waals surface area (Å²) in [5.74, 6) is -2.21. The lowest BCUT2D eigenvalue weighted by atomic mass is 9.75. The fourth-order valence-electron chi connectivity index (χ4n) is 10.7. The minimum absolute atomic E-state index is 0. The van der Waals surface area contributed by atoms with Gasteiger partial charge in [0.2, 0.25) is 0 Å². The molecule has 328 valence electrons. The summed E-state index contributed by atoms with van der Waals surface area (Å²) in [5.41, 5.74) is 1.92. The maximum Gasteiger partial charge on any atom is 0.309 e. The Morgan fingerprint density at radius 3 is 1.08 bits per heavy atom. The number of piperidine rings is 2. The minimum Gasteiger partial charge on any atom is -1.00 e. The Kier molecular flexibility index (Phi) is 15.0. The Morgan fingerprint density at radius 1 is 0.483 bits per heavy atom. The lowest BCUT2D eigenvalue weighted by molar-refractivity contribution is -0.961. The predicted molar refractivity (Wildman–Crippen MR) is 206 cm³/mol. The number of carbonyl (C=O) groups excluding carboxylic acids is 6. The van der Waals surface area contributed by atoms with E-state index in [1.807, 2.05) is 12.1 Å². The molecule has 4 saturated heterocycles. The number of carbonyl (C=O) groups is 6. The summed E-state index contributed by atoms with van der Waals surface area (Å²) in [6.07, 6.45) is 7.68. The van der Waals surface area contributed by atoms with Gasteiger partial charge in [0.25, 0.3) is 0 Å². The molecule has 1 saturated carbocycles. The first-order valence-corrected chi connectivity index (χ1v) is 20.6. The van der Waals surface area contributed by atoms with Crippen LogP contribution in [0.4, 0.5) is 0 Å². The third kappa shape index (κ3) is 10.2. The van der Waals surface area contributed by atoms with Crippen molar-refractivity contribution in [1.29, 1.82) is 0 Å². The molecule has 1 aliphatic carbocycles. The van der Waals surface area contributed by atoms with Crippen LogP contribution in [0.2, 0.25) is 0 Å². The third-order valence-corrected chi connectivity index (χ3v) is 13.6. The number of esters is 6. The van der Waals surface area contributed by atoms with Crippen molar-refractivity contribution in [1.82, 2.24) is 0 Å². The zero-order valence-corrected chi connectivity index (χ0v) is 38.3. The average Bonchev–Trinajstić information content (AvgIpc) is 3.33. The highest BCUT2D eigenvalue weighted by atomic mass is 79.9. The van der Waals surface area contributed by atoms with Gasteiger partial charge in [-0.15, -0.1) is 0 Å². The molecule has 0 radical (unpaired) electrons. The Bertz CT molecular complexity index is 1820. The number of ether oxygens (including phenoxy) is 6. The SMILES string of the molecule is CC(=O)Oc1ccc(C[N+]2(C)[C@@H]3CC[C@H]2CC(OC(=O)C2CC(C(=O)OC4C[C@H]5CC[C@@H](C4)[N+]5(C)Cc4ccc(OC(C)=O)c(OC(C)=O)c4)C2)C3)cc1OC(C)=O.[Br-].[Br-]. The van der Waals surface area contributed by atoms with Gasteiger partial charge in [-0.3, -0.25) is 28.8 Å². The number of hydrogen-bond donors (Lipinski definition) is 0. The average molecular weight is 965 g/mol. The fraction of sp³-hybridized carbons (Fsp3) is 0.591. The van der Waals surface area contributed by atoms with E-state index in [-0.39, 0.29) is 92.9 Å². The molecule has 0 N–H and O–H groups in total. The molecule has 7 rings (SSSR count). The summed E-state index contributed by atoms with van der Waals surface area (Å²) in [5, 5.41) is 0.